The minimum absolute atomic E-state index is 0. The molecule has 0 aliphatic carbocycles. The first-order valence-corrected chi connectivity index (χ1v) is 26.7. The Morgan fingerprint density at radius 2 is 0.609 bits per heavy atom. The molecular formula is C58H52N6O2RuSi2. The van der Waals surface area contributed by atoms with Crippen LogP contribution in [0.4, 0.5) is 0 Å². The molecule has 69 heavy (non-hydrogen) atoms. The van der Waals surface area contributed by atoms with Crippen molar-refractivity contribution in [2.45, 2.75) is 24.2 Å². The van der Waals surface area contributed by atoms with Gasteiger partial charge in [-0.25, -0.2) is 0 Å². The van der Waals surface area contributed by atoms with Gasteiger partial charge in [0.2, 0.25) is 16.6 Å². The van der Waals surface area contributed by atoms with Crippen LogP contribution < -0.4 is 10.4 Å². The van der Waals surface area contributed by atoms with Gasteiger partial charge in [0.05, 0.1) is 34.2 Å². The van der Waals surface area contributed by atoms with E-state index < -0.39 is 16.6 Å². The molecular weight excluding hydrogens is 970 g/mol. The van der Waals surface area contributed by atoms with Gasteiger partial charge in [-0.1, -0.05) is 96.5 Å². The molecule has 342 valence electrons. The molecule has 6 heterocycles. The topological polar surface area (TPSA) is 118 Å². The predicted octanol–water partition coefficient (Wildman–Crippen LogP) is 10.3. The normalized spacial score (nSPS) is 10.3. The second kappa shape index (κ2) is 27.3. The van der Waals surface area contributed by atoms with Crippen LogP contribution in [0.1, 0.15) is 22.3 Å². The van der Waals surface area contributed by atoms with Crippen LogP contribution in [0.3, 0.4) is 0 Å². The maximum atomic E-state index is 11.1. The summed E-state index contributed by atoms with van der Waals surface area (Å²) in [7, 11) is -5.26. The van der Waals surface area contributed by atoms with Crippen molar-refractivity contribution < 1.29 is 29.1 Å². The summed E-state index contributed by atoms with van der Waals surface area (Å²) in [5.41, 5.74) is 8.48. The van der Waals surface area contributed by atoms with Crippen LogP contribution in [0.15, 0.2) is 233 Å². The van der Waals surface area contributed by atoms with E-state index in [0.29, 0.717) is 24.2 Å². The second-order valence-corrected chi connectivity index (χ2v) is 22.3. The van der Waals surface area contributed by atoms with Crippen molar-refractivity contribution in [2.24, 2.45) is 0 Å². The molecule has 0 atom stereocenters. The number of nitrogens with zero attached hydrogens (tertiary/aromatic N) is 6. The van der Waals surface area contributed by atoms with Gasteiger partial charge >= 0.3 is 0 Å². The van der Waals surface area contributed by atoms with Gasteiger partial charge in [-0.3, -0.25) is 29.9 Å². The van der Waals surface area contributed by atoms with Crippen molar-refractivity contribution in [3.05, 3.63) is 256 Å². The Labute approximate surface area is 421 Å². The number of rotatable bonds is 13. The van der Waals surface area contributed by atoms with Crippen LogP contribution in [-0.4, -0.2) is 56.1 Å². The van der Waals surface area contributed by atoms with Crippen molar-refractivity contribution in [2.75, 3.05) is 0 Å². The summed E-state index contributed by atoms with van der Waals surface area (Å²) < 4.78 is 0. The fourth-order valence-electron chi connectivity index (χ4n) is 6.91. The smallest absolute Gasteiger partial charge is 0.227 e. The van der Waals surface area contributed by atoms with Crippen LogP contribution in [0.5, 0.6) is 0 Å². The minimum Gasteiger partial charge on any atom is -0.427 e. The Morgan fingerprint density at radius 3 is 0.841 bits per heavy atom. The van der Waals surface area contributed by atoms with Crippen LogP contribution in [-0.2, 0) is 19.5 Å². The number of benzene rings is 2. The molecule has 0 amide bonds. The molecule has 11 heteroatoms. The van der Waals surface area contributed by atoms with Crippen LogP contribution in [0, 0.1) is 23.7 Å². The molecule has 0 spiro atoms. The van der Waals surface area contributed by atoms with Gasteiger partial charge in [-0.15, -0.1) is 26.3 Å². The Morgan fingerprint density at radius 1 is 0.348 bits per heavy atom. The standard InChI is InChI=1S/C38H36N2O2Si2.2C10H8N2.Ru/c1-5-25-43(41,26-6-2)35-19-13-31(14-20-35)9-11-33-17-23-37(39-29-33)38-24-18-34(30-40-38)12-10-32-15-21-36(22-16-32)44(42,27-7-3)28-8-4;2*1-3-7-11-9(5-1)10-6-2-4-8-12-10;/h5-8,13-24,29-30,41-42H,1-4,25-28H2;2*1-8H;. The van der Waals surface area contributed by atoms with Crippen LogP contribution in [0.2, 0.25) is 24.2 Å². The van der Waals surface area contributed by atoms with Crippen molar-refractivity contribution >= 4 is 27.0 Å². The predicted molar refractivity (Wildman–Crippen MR) is 282 cm³/mol. The summed E-state index contributed by atoms with van der Waals surface area (Å²) in [6, 6.07) is 48.8. The molecule has 0 aliphatic heterocycles. The number of aromatic nitrogens is 6. The molecule has 0 saturated heterocycles. The van der Waals surface area contributed by atoms with Gasteiger partial charge in [-0.05, 0) is 132 Å². The fourth-order valence-corrected chi connectivity index (χ4v) is 11.7. The van der Waals surface area contributed by atoms with E-state index in [1.807, 2.05) is 146 Å². The molecule has 8 rings (SSSR count). The van der Waals surface area contributed by atoms with E-state index in [1.165, 1.54) is 0 Å². The summed E-state index contributed by atoms with van der Waals surface area (Å²) in [5, 5.41) is 1.90. The average Bonchev–Trinajstić information content (AvgIpc) is 3.40. The Hall–Kier alpha value is -7.60. The van der Waals surface area contributed by atoms with Gasteiger partial charge in [0.15, 0.2) is 0 Å². The molecule has 0 bridgehead atoms. The number of hydrogen-bond donors (Lipinski definition) is 2. The van der Waals surface area contributed by atoms with E-state index in [9.17, 15) is 9.59 Å². The van der Waals surface area contributed by atoms with Gasteiger partial charge < -0.3 is 9.59 Å². The van der Waals surface area contributed by atoms with E-state index in [-0.39, 0.29) is 19.5 Å². The molecule has 2 aromatic carbocycles. The third-order valence-electron chi connectivity index (χ3n) is 10.4. The van der Waals surface area contributed by atoms with Gasteiger partial charge in [0.1, 0.15) is 0 Å². The third kappa shape index (κ3) is 15.7. The summed E-state index contributed by atoms with van der Waals surface area (Å²) in [4.78, 5) is 48.0. The van der Waals surface area contributed by atoms with Gasteiger partial charge in [-0.2, -0.15) is 0 Å². The molecule has 6 aromatic heterocycles. The molecule has 0 saturated carbocycles. The average molecular weight is 1020 g/mol. The van der Waals surface area contributed by atoms with E-state index in [2.05, 4.69) is 79.9 Å². The van der Waals surface area contributed by atoms with E-state index >= 15 is 0 Å². The number of hydrogen-bond acceptors (Lipinski definition) is 8. The first-order chi connectivity index (χ1) is 33.3. The van der Waals surface area contributed by atoms with Crippen LogP contribution in [0.25, 0.3) is 34.2 Å². The molecule has 0 unspecified atom stereocenters. The number of allylic oxidation sites excluding steroid dienone is 4. The summed E-state index contributed by atoms with van der Waals surface area (Å²) in [6.07, 6.45) is 17.7. The monoisotopic (exact) mass is 1020 g/mol. The first kappa shape index (κ1) is 52.4. The van der Waals surface area contributed by atoms with Crippen molar-refractivity contribution in [1.29, 1.82) is 0 Å². The second-order valence-electron chi connectivity index (χ2n) is 15.4. The largest absolute Gasteiger partial charge is 0.427 e. The zero-order valence-electron chi connectivity index (χ0n) is 38.2. The zero-order valence-corrected chi connectivity index (χ0v) is 42.0. The maximum absolute atomic E-state index is 11.1. The van der Waals surface area contributed by atoms with Gasteiger partial charge in [0, 0.05) is 78.9 Å². The molecule has 8 nitrogen and oxygen atoms in total. The molecule has 2 N–H and O–H groups in total. The van der Waals surface area contributed by atoms with Crippen molar-refractivity contribution in [1.82, 2.24) is 29.9 Å². The fraction of sp³-hybridized carbons (Fsp3) is 0.0690. The number of pyridine rings is 6. The molecule has 0 fully saturated rings. The van der Waals surface area contributed by atoms with Crippen molar-refractivity contribution in [3.8, 4) is 57.8 Å². The van der Waals surface area contributed by atoms with Crippen molar-refractivity contribution in [3.63, 3.8) is 0 Å². The summed E-state index contributed by atoms with van der Waals surface area (Å²) in [6.45, 7) is 15.2. The zero-order chi connectivity index (χ0) is 47.9. The summed E-state index contributed by atoms with van der Waals surface area (Å²) >= 11 is 0. The van der Waals surface area contributed by atoms with E-state index in [0.717, 1.165) is 66.8 Å². The Balaban J connectivity index is 0.000000284. The summed E-state index contributed by atoms with van der Waals surface area (Å²) in [5.74, 6) is 12.7. The van der Waals surface area contributed by atoms with Gasteiger partial charge in [0.25, 0.3) is 0 Å². The molecule has 0 aliphatic rings. The molecule has 0 radical (unpaired) electrons. The first-order valence-electron chi connectivity index (χ1n) is 22.0. The maximum Gasteiger partial charge on any atom is 0.227 e. The Bertz CT molecular complexity index is 2670. The van der Waals surface area contributed by atoms with E-state index in [1.54, 1.807) is 61.5 Å². The van der Waals surface area contributed by atoms with Crippen LogP contribution >= 0.6 is 0 Å². The van der Waals surface area contributed by atoms with E-state index in [4.69, 9.17) is 0 Å². The third-order valence-corrected chi connectivity index (χ3v) is 17.1. The SMILES string of the molecule is C=CC[Si](O)(CC=C)c1ccc(C#Cc2ccc(-c3ccc(C#Cc4ccc([Si](O)(CC=C)CC=C)cc4)cn3)nc2)cc1.[Ru].c1ccc(-c2ccccn2)nc1.c1ccc(-c2ccccn2)nc1. The quantitative estimate of drug-likeness (QED) is 0.0666. The molecule has 8 aromatic rings. The Kier molecular flexibility index (Phi) is 20.7. The minimum atomic E-state index is -2.63.